The summed E-state index contributed by atoms with van der Waals surface area (Å²) in [5.41, 5.74) is -0.00543. The van der Waals surface area contributed by atoms with Crippen molar-refractivity contribution in [1.29, 1.82) is 0 Å². The minimum absolute atomic E-state index is 0.0702. The number of carboxylic acids is 1. The van der Waals surface area contributed by atoms with Gasteiger partial charge in [0.1, 0.15) is 5.75 Å². The summed E-state index contributed by atoms with van der Waals surface area (Å²) in [4.78, 5) is 20.7. The summed E-state index contributed by atoms with van der Waals surface area (Å²) in [6.07, 6.45) is 1.49. The molecule has 0 aliphatic carbocycles. The Morgan fingerprint density at radius 1 is 1.53 bits per heavy atom. The van der Waals surface area contributed by atoms with Gasteiger partial charge in [0.2, 0.25) is 0 Å². The van der Waals surface area contributed by atoms with Gasteiger partial charge in [0.25, 0.3) is 5.69 Å². The third kappa shape index (κ3) is 3.04. The molecular formula is C11H11NO5. The third-order valence-electron chi connectivity index (χ3n) is 2.21. The third-order valence-corrected chi connectivity index (χ3v) is 2.21. The molecule has 1 rings (SSSR count). The number of phenolic OH excluding ortho intramolecular Hbond substituents is 1. The number of carboxylic acid groups (broad SMARTS) is 1. The van der Waals surface area contributed by atoms with Gasteiger partial charge in [-0.2, -0.15) is 0 Å². The Balaban J connectivity index is 3.25. The predicted molar refractivity (Wildman–Crippen MR) is 60.7 cm³/mol. The van der Waals surface area contributed by atoms with Crippen LogP contribution in [0.2, 0.25) is 0 Å². The molecule has 6 nitrogen and oxygen atoms in total. The molecular weight excluding hydrogens is 226 g/mol. The molecule has 0 unspecified atom stereocenters. The van der Waals surface area contributed by atoms with Crippen molar-refractivity contribution in [3.8, 4) is 5.75 Å². The van der Waals surface area contributed by atoms with E-state index in [9.17, 15) is 20.0 Å². The van der Waals surface area contributed by atoms with E-state index >= 15 is 0 Å². The first-order valence-electron chi connectivity index (χ1n) is 4.87. The summed E-state index contributed by atoms with van der Waals surface area (Å²) < 4.78 is 0. The number of aromatic hydroxyl groups is 1. The van der Waals surface area contributed by atoms with E-state index in [1.807, 2.05) is 0 Å². The van der Waals surface area contributed by atoms with Crippen molar-refractivity contribution in [2.75, 3.05) is 0 Å². The van der Waals surface area contributed by atoms with Crippen LogP contribution >= 0.6 is 0 Å². The van der Waals surface area contributed by atoms with Crippen molar-refractivity contribution in [3.63, 3.8) is 0 Å². The minimum Gasteiger partial charge on any atom is -0.507 e. The molecule has 0 aliphatic rings. The smallest absolute Gasteiger partial charge is 0.331 e. The molecule has 6 heteroatoms. The van der Waals surface area contributed by atoms with Gasteiger partial charge in [0.05, 0.1) is 4.92 Å². The summed E-state index contributed by atoms with van der Waals surface area (Å²) >= 11 is 0. The monoisotopic (exact) mass is 237 g/mol. The van der Waals surface area contributed by atoms with Crippen LogP contribution in [0, 0.1) is 10.1 Å². The van der Waals surface area contributed by atoms with Gasteiger partial charge in [-0.05, 0) is 18.6 Å². The molecule has 0 bridgehead atoms. The van der Waals surface area contributed by atoms with E-state index in [-0.39, 0.29) is 29.0 Å². The molecule has 0 spiro atoms. The van der Waals surface area contributed by atoms with Crippen LogP contribution in [0.3, 0.4) is 0 Å². The number of nitro groups is 1. The minimum atomic E-state index is -1.11. The molecule has 0 fully saturated rings. The molecule has 1 aromatic carbocycles. The number of rotatable bonds is 4. The van der Waals surface area contributed by atoms with E-state index < -0.39 is 10.9 Å². The molecule has 90 valence electrons. The Kier molecular flexibility index (Phi) is 3.82. The van der Waals surface area contributed by atoms with Crippen LogP contribution in [0.4, 0.5) is 5.69 Å². The van der Waals surface area contributed by atoms with Crippen LogP contribution in [-0.4, -0.2) is 21.1 Å². The zero-order valence-corrected chi connectivity index (χ0v) is 9.08. The number of nitrogens with zero attached hydrogens (tertiary/aromatic N) is 1. The van der Waals surface area contributed by atoms with E-state index in [0.29, 0.717) is 0 Å². The molecule has 0 saturated heterocycles. The predicted octanol–water partition coefficient (Wildman–Crippen LogP) is 2.18. The largest absolute Gasteiger partial charge is 0.507 e. The molecule has 0 heterocycles. The van der Waals surface area contributed by atoms with E-state index in [2.05, 4.69) is 0 Å². The van der Waals surface area contributed by atoms with Crippen molar-refractivity contribution in [1.82, 2.24) is 0 Å². The second kappa shape index (κ2) is 5.11. The summed E-state index contributed by atoms with van der Waals surface area (Å²) in [5.74, 6) is -1.30. The van der Waals surface area contributed by atoms with Crippen LogP contribution in [-0.2, 0) is 4.79 Å². The second-order valence-corrected chi connectivity index (χ2v) is 3.33. The van der Waals surface area contributed by atoms with Gasteiger partial charge in [0.15, 0.2) is 0 Å². The number of benzene rings is 1. The first-order valence-corrected chi connectivity index (χ1v) is 4.87. The fourth-order valence-electron chi connectivity index (χ4n) is 1.27. The lowest BCUT2D eigenvalue weighted by molar-refractivity contribution is -0.384. The summed E-state index contributed by atoms with van der Waals surface area (Å²) in [6, 6.07) is 3.45. The first-order chi connectivity index (χ1) is 7.95. The van der Waals surface area contributed by atoms with E-state index in [0.717, 1.165) is 12.1 Å². The molecule has 2 N–H and O–H groups in total. The summed E-state index contributed by atoms with van der Waals surface area (Å²) in [5, 5.41) is 28.8. The van der Waals surface area contributed by atoms with Crippen LogP contribution < -0.4 is 0 Å². The van der Waals surface area contributed by atoms with Crippen molar-refractivity contribution < 1.29 is 19.9 Å². The SMILES string of the molecule is CCC(=Cc1cc([N+](=O)[O-])ccc1O)C(=O)O. The Labute approximate surface area is 97.0 Å². The van der Waals surface area contributed by atoms with E-state index in [4.69, 9.17) is 5.11 Å². The molecule has 0 amide bonds. The quantitative estimate of drug-likeness (QED) is 0.474. The lowest BCUT2D eigenvalue weighted by atomic mass is 10.1. The van der Waals surface area contributed by atoms with Gasteiger partial charge in [-0.3, -0.25) is 10.1 Å². The maximum Gasteiger partial charge on any atom is 0.331 e. The Morgan fingerprint density at radius 3 is 2.65 bits per heavy atom. The normalized spacial score (nSPS) is 11.2. The standard InChI is InChI=1S/C11H11NO5/c1-2-7(11(14)15)5-8-6-9(12(16)17)3-4-10(8)13/h3-6,13H,2H2,1H3,(H,14,15). The van der Waals surface area contributed by atoms with Gasteiger partial charge >= 0.3 is 5.97 Å². The summed E-state index contributed by atoms with van der Waals surface area (Å²) in [6.45, 7) is 1.65. The van der Waals surface area contributed by atoms with Crippen molar-refractivity contribution in [3.05, 3.63) is 39.4 Å². The molecule has 0 radical (unpaired) electrons. The summed E-state index contributed by atoms with van der Waals surface area (Å²) in [7, 11) is 0. The highest BCUT2D eigenvalue weighted by atomic mass is 16.6. The van der Waals surface area contributed by atoms with Gasteiger partial charge < -0.3 is 10.2 Å². The van der Waals surface area contributed by atoms with Gasteiger partial charge in [-0.25, -0.2) is 4.79 Å². The molecule has 17 heavy (non-hydrogen) atoms. The zero-order chi connectivity index (χ0) is 13.0. The first kappa shape index (κ1) is 12.7. The van der Waals surface area contributed by atoms with Crippen molar-refractivity contribution in [2.45, 2.75) is 13.3 Å². The maximum absolute atomic E-state index is 10.8. The van der Waals surface area contributed by atoms with E-state index in [1.165, 1.54) is 12.1 Å². The van der Waals surface area contributed by atoms with E-state index in [1.54, 1.807) is 6.92 Å². The number of hydrogen-bond acceptors (Lipinski definition) is 4. The van der Waals surface area contributed by atoms with Crippen LogP contribution in [0.25, 0.3) is 6.08 Å². The molecule has 1 aromatic rings. The number of phenols is 1. The fourth-order valence-corrected chi connectivity index (χ4v) is 1.27. The number of non-ortho nitro benzene ring substituents is 1. The van der Waals surface area contributed by atoms with Crippen molar-refractivity contribution in [2.24, 2.45) is 0 Å². The number of aliphatic carboxylic acids is 1. The topological polar surface area (TPSA) is 101 Å². The number of hydrogen-bond donors (Lipinski definition) is 2. The number of nitro benzene ring substituents is 1. The Morgan fingerprint density at radius 2 is 2.18 bits per heavy atom. The van der Waals surface area contributed by atoms with Crippen LogP contribution in [0.1, 0.15) is 18.9 Å². The average molecular weight is 237 g/mol. The lowest BCUT2D eigenvalue weighted by Gasteiger charge is -2.01. The zero-order valence-electron chi connectivity index (χ0n) is 9.08. The lowest BCUT2D eigenvalue weighted by Crippen LogP contribution is -1.99. The molecule has 0 aliphatic heterocycles. The van der Waals surface area contributed by atoms with Gasteiger partial charge in [0, 0.05) is 23.3 Å². The molecule has 0 aromatic heterocycles. The van der Waals surface area contributed by atoms with Gasteiger partial charge in [-0.1, -0.05) is 6.92 Å². The average Bonchev–Trinajstić information content (AvgIpc) is 2.27. The highest BCUT2D eigenvalue weighted by Gasteiger charge is 2.11. The number of carbonyl (C=O) groups is 1. The fraction of sp³-hybridized carbons (Fsp3) is 0.182. The molecule has 0 saturated carbocycles. The Bertz CT molecular complexity index is 493. The highest BCUT2D eigenvalue weighted by Crippen LogP contribution is 2.25. The van der Waals surface area contributed by atoms with Gasteiger partial charge in [-0.15, -0.1) is 0 Å². The highest BCUT2D eigenvalue weighted by molar-refractivity contribution is 5.92. The maximum atomic E-state index is 10.8. The second-order valence-electron chi connectivity index (χ2n) is 3.33. The molecule has 0 atom stereocenters. The van der Waals surface area contributed by atoms with Crippen molar-refractivity contribution >= 4 is 17.7 Å². The van der Waals surface area contributed by atoms with Crippen LogP contribution in [0.5, 0.6) is 5.75 Å². The Hall–Kier alpha value is -2.37. The van der Waals surface area contributed by atoms with Crippen LogP contribution in [0.15, 0.2) is 23.8 Å².